The Morgan fingerprint density at radius 1 is 0.405 bits per heavy atom. The zero-order valence-electron chi connectivity index (χ0n) is 28.9. The van der Waals surface area contributed by atoms with Crippen molar-refractivity contribution in [2.45, 2.75) is 213 Å². The number of allylic oxidation sites excluding steroid dienone is 1. The van der Waals surface area contributed by atoms with Gasteiger partial charge in [-0.25, -0.2) is 4.79 Å². The average molecular weight is 593 g/mol. The summed E-state index contributed by atoms with van der Waals surface area (Å²) < 4.78 is 11.0. The van der Waals surface area contributed by atoms with Crippen LogP contribution in [0.2, 0.25) is 0 Å². The molecule has 0 bridgehead atoms. The molecule has 0 radical (unpaired) electrons. The second-order valence-corrected chi connectivity index (χ2v) is 12.9. The fourth-order valence-electron chi connectivity index (χ4n) is 5.70. The normalized spacial score (nSPS) is 11.6. The number of unbranched alkanes of at least 4 members (excludes halogenated alkanes) is 28. The molecule has 0 fully saturated rings. The van der Waals surface area contributed by atoms with E-state index in [0.29, 0.717) is 13.2 Å². The molecule has 0 aromatic heterocycles. The van der Waals surface area contributed by atoms with Crippen LogP contribution in [0.1, 0.15) is 213 Å². The van der Waals surface area contributed by atoms with Crippen molar-refractivity contribution in [1.82, 2.24) is 0 Å². The van der Waals surface area contributed by atoms with Crippen LogP contribution >= 0.6 is 0 Å². The standard InChI is InChI=1S/C39H76O3/c1-3-5-7-9-11-13-15-17-19-21-23-25-27-29-31-33-36-41-37-34-38-42-39(40)35-32-30-28-26-24-22-20-18-16-14-12-10-8-6-4-2/h32,35H,3-31,33-34,36-38H2,1-2H3. The molecule has 0 amide bonds. The highest BCUT2D eigenvalue weighted by Gasteiger charge is 1.99. The van der Waals surface area contributed by atoms with Gasteiger partial charge in [0.1, 0.15) is 0 Å². The van der Waals surface area contributed by atoms with Gasteiger partial charge in [0.15, 0.2) is 0 Å². The molecule has 0 rings (SSSR count). The molecule has 42 heavy (non-hydrogen) atoms. The number of ether oxygens (including phenoxy) is 2. The maximum atomic E-state index is 11.8. The Bertz CT molecular complexity index is 530. The molecule has 250 valence electrons. The summed E-state index contributed by atoms with van der Waals surface area (Å²) in [6.45, 7) is 6.56. The molecular weight excluding hydrogens is 516 g/mol. The summed E-state index contributed by atoms with van der Waals surface area (Å²) in [6, 6.07) is 0. The summed E-state index contributed by atoms with van der Waals surface area (Å²) in [4.78, 5) is 11.8. The summed E-state index contributed by atoms with van der Waals surface area (Å²) in [5.41, 5.74) is 0. The van der Waals surface area contributed by atoms with E-state index < -0.39 is 0 Å². The number of esters is 1. The first kappa shape index (κ1) is 41.2. The zero-order chi connectivity index (χ0) is 30.4. The maximum Gasteiger partial charge on any atom is 0.330 e. The van der Waals surface area contributed by atoms with E-state index in [-0.39, 0.29) is 5.97 Å². The zero-order valence-corrected chi connectivity index (χ0v) is 28.9. The van der Waals surface area contributed by atoms with Gasteiger partial charge in [-0.2, -0.15) is 0 Å². The Balaban J connectivity index is 3.19. The van der Waals surface area contributed by atoms with Crippen LogP contribution in [0.15, 0.2) is 12.2 Å². The molecule has 0 saturated carbocycles. The molecule has 0 aliphatic heterocycles. The Hall–Kier alpha value is -0.830. The van der Waals surface area contributed by atoms with Gasteiger partial charge in [0.05, 0.1) is 6.61 Å². The molecule has 3 nitrogen and oxygen atoms in total. The van der Waals surface area contributed by atoms with Crippen molar-refractivity contribution in [3.63, 3.8) is 0 Å². The monoisotopic (exact) mass is 593 g/mol. The highest BCUT2D eigenvalue weighted by Crippen LogP contribution is 2.15. The van der Waals surface area contributed by atoms with E-state index in [1.54, 1.807) is 6.08 Å². The Morgan fingerprint density at radius 2 is 0.738 bits per heavy atom. The van der Waals surface area contributed by atoms with Crippen LogP contribution in [0.4, 0.5) is 0 Å². The number of hydrogen-bond acceptors (Lipinski definition) is 3. The van der Waals surface area contributed by atoms with E-state index in [0.717, 1.165) is 25.9 Å². The van der Waals surface area contributed by atoms with Crippen LogP contribution in [0.5, 0.6) is 0 Å². The van der Waals surface area contributed by atoms with Gasteiger partial charge in [-0.3, -0.25) is 0 Å². The molecule has 0 saturated heterocycles. The largest absolute Gasteiger partial charge is 0.462 e. The second-order valence-electron chi connectivity index (χ2n) is 12.9. The third kappa shape index (κ3) is 37.2. The lowest BCUT2D eigenvalue weighted by Crippen LogP contribution is -2.06. The fourth-order valence-corrected chi connectivity index (χ4v) is 5.70. The minimum Gasteiger partial charge on any atom is -0.462 e. The maximum absolute atomic E-state index is 11.8. The van der Waals surface area contributed by atoms with E-state index in [2.05, 4.69) is 13.8 Å². The Kier molecular flexibility index (Phi) is 37.4. The van der Waals surface area contributed by atoms with Crippen molar-refractivity contribution in [3.8, 4) is 0 Å². The SMILES string of the molecule is CCCCCCCCCCCCCCCC=CC(=O)OCCCOCCCCCCCCCCCCCCCCCC. The Morgan fingerprint density at radius 3 is 1.14 bits per heavy atom. The number of hydrogen-bond donors (Lipinski definition) is 0. The highest BCUT2D eigenvalue weighted by molar-refractivity contribution is 5.81. The summed E-state index contributed by atoms with van der Waals surface area (Å²) in [7, 11) is 0. The first-order chi connectivity index (χ1) is 20.8. The van der Waals surface area contributed by atoms with E-state index in [1.807, 2.05) is 6.08 Å². The topological polar surface area (TPSA) is 35.5 Å². The fraction of sp³-hybridized carbons (Fsp3) is 0.923. The highest BCUT2D eigenvalue weighted by atomic mass is 16.5. The lowest BCUT2D eigenvalue weighted by molar-refractivity contribution is -0.138. The van der Waals surface area contributed by atoms with E-state index in [4.69, 9.17) is 9.47 Å². The summed E-state index contributed by atoms with van der Waals surface area (Å²) in [5.74, 6) is -0.206. The van der Waals surface area contributed by atoms with Crippen LogP contribution in [0.25, 0.3) is 0 Å². The minimum atomic E-state index is -0.206. The van der Waals surface area contributed by atoms with Crippen LogP contribution in [0.3, 0.4) is 0 Å². The van der Waals surface area contributed by atoms with Crippen molar-refractivity contribution in [2.75, 3.05) is 19.8 Å². The molecule has 0 heterocycles. The Labute approximate surface area is 264 Å². The van der Waals surface area contributed by atoms with Crippen LogP contribution in [-0.2, 0) is 14.3 Å². The van der Waals surface area contributed by atoms with Gasteiger partial charge in [-0.05, 0) is 19.3 Å². The van der Waals surface area contributed by atoms with Crippen LogP contribution in [-0.4, -0.2) is 25.8 Å². The lowest BCUT2D eigenvalue weighted by Gasteiger charge is -2.05. The molecule has 0 unspecified atom stereocenters. The first-order valence-corrected chi connectivity index (χ1v) is 19.2. The molecule has 0 spiro atoms. The molecule has 0 aliphatic rings. The van der Waals surface area contributed by atoms with Crippen molar-refractivity contribution in [3.05, 3.63) is 12.2 Å². The molecule has 0 aromatic rings. The first-order valence-electron chi connectivity index (χ1n) is 19.2. The molecule has 3 heteroatoms. The van der Waals surface area contributed by atoms with Gasteiger partial charge in [0.25, 0.3) is 0 Å². The predicted octanol–water partition coefficient (Wildman–Crippen LogP) is 13.2. The van der Waals surface area contributed by atoms with Crippen molar-refractivity contribution >= 4 is 5.97 Å². The third-order valence-corrected chi connectivity index (χ3v) is 8.55. The summed E-state index contributed by atoms with van der Waals surface area (Å²) in [6.07, 6.45) is 45.5. The van der Waals surface area contributed by atoms with E-state index >= 15 is 0 Å². The quantitative estimate of drug-likeness (QED) is 0.0412. The summed E-state index contributed by atoms with van der Waals surface area (Å²) >= 11 is 0. The third-order valence-electron chi connectivity index (χ3n) is 8.55. The average Bonchev–Trinajstić information content (AvgIpc) is 3.00. The molecule has 0 atom stereocenters. The molecule has 0 aromatic carbocycles. The predicted molar refractivity (Wildman–Crippen MR) is 185 cm³/mol. The smallest absolute Gasteiger partial charge is 0.330 e. The van der Waals surface area contributed by atoms with Gasteiger partial charge >= 0.3 is 5.97 Å². The van der Waals surface area contributed by atoms with Gasteiger partial charge in [-0.15, -0.1) is 0 Å². The van der Waals surface area contributed by atoms with Gasteiger partial charge in [0.2, 0.25) is 0 Å². The summed E-state index contributed by atoms with van der Waals surface area (Å²) in [5, 5.41) is 0. The molecule has 0 aliphatic carbocycles. The number of carbonyl (C=O) groups is 1. The minimum absolute atomic E-state index is 0.206. The van der Waals surface area contributed by atoms with Gasteiger partial charge in [0, 0.05) is 25.7 Å². The van der Waals surface area contributed by atoms with Crippen LogP contribution in [0, 0.1) is 0 Å². The van der Waals surface area contributed by atoms with Crippen molar-refractivity contribution in [2.24, 2.45) is 0 Å². The van der Waals surface area contributed by atoms with Crippen molar-refractivity contribution in [1.29, 1.82) is 0 Å². The second kappa shape index (κ2) is 38.2. The van der Waals surface area contributed by atoms with Gasteiger partial charge < -0.3 is 9.47 Å². The molecule has 0 N–H and O–H groups in total. The number of carbonyl (C=O) groups excluding carboxylic acids is 1. The van der Waals surface area contributed by atoms with Gasteiger partial charge in [-0.1, -0.05) is 193 Å². The van der Waals surface area contributed by atoms with E-state index in [1.165, 1.54) is 180 Å². The lowest BCUT2D eigenvalue weighted by atomic mass is 10.0. The number of rotatable bonds is 36. The van der Waals surface area contributed by atoms with Crippen LogP contribution < -0.4 is 0 Å². The molecular formula is C39H76O3. The van der Waals surface area contributed by atoms with E-state index in [9.17, 15) is 4.79 Å². The van der Waals surface area contributed by atoms with Crippen molar-refractivity contribution < 1.29 is 14.3 Å².